The Kier molecular flexibility index (Phi) is 5.62. The van der Waals surface area contributed by atoms with Crippen LogP contribution >= 0.6 is 0 Å². The first-order chi connectivity index (χ1) is 11.5. The Labute approximate surface area is 138 Å². The molecule has 124 valence electrons. The molecule has 0 spiro atoms. The number of carbonyl (C=O) groups excluding carboxylic acids is 2. The molecule has 2 rings (SSSR count). The smallest absolute Gasteiger partial charge is 0.344 e. The molecule has 24 heavy (non-hydrogen) atoms. The van der Waals surface area contributed by atoms with E-state index >= 15 is 0 Å². The van der Waals surface area contributed by atoms with Crippen LogP contribution in [-0.4, -0.2) is 25.0 Å². The molecule has 0 radical (unpaired) electrons. The van der Waals surface area contributed by atoms with E-state index in [1.54, 1.807) is 25.1 Å². The Bertz CT molecular complexity index is 773. The topological polar surface area (TPSA) is 108 Å². The number of ether oxygens (including phenoxy) is 2. The SMILES string of the molecule is CCOC(=O)COc1ccc(N)cc1C(=O)c1cccc(N=O)c1. The van der Waals surface area contributed by atoms with Gasteiger partial charge in [-0.3, -0.25) is 4.79 Å². The van der Waals surface area contributed by atoms with E-state index in [0.717, 1.165) is 0 Å². The molecule has 0 fully saturated rings. The number of hydrogen-bond acceptors (Lipinski definition) is 7. The van der Waals surface area contributed by atoms with Crippen LogP contribution in [-0.2, 0) is 9.53 Å². The van der Waals surface area contributed by atoms with Crippen LogP contribution < -0.4 is 10.5 Å². The van der Waals surface area contributed by atoms with Gasteiger partial charge >= 0.3 is 5.97 Å². The van der Waals surface area contributed by atoms with Crippen LogP contribution in [0.2, 0.25) is 0 Å². The molecule has 0 aromatic heterocycles. The lowest BCUT2D eigenvalue weighted by atomic mass is 10.0. The number of benzene rings is 2. The summed E-state index contributed by atoms with van der Waals surface area (Å²) in [5.74, 6) is -0.738. The van der Waals surface area contributed by atoms with E-state index in [1.165, 1.54) is 24.3 Å². The Morgan fingerprint density at radius 1 is 1.17 bits per heavy atom. The van der Waals surface area contributed by atoms with E-state index in [2.05, 4.69) is 5.18 Å². The third-order valence-corrected chi connectivity index (χ3v) is 3.11. The minimum Gasteiger partial charge on any atom is -0.481 e. The summed E-state index contributed by atoms with van der Waals surface area (Å²) < 4.78 is 10.2. The number of nitrogens with zero attached hydrogens (tertiary/aromatic N) is 1. The quantitative estimate of drug-likeness (QED) is 0.362. The zero-order chi connectivity index (χ0) is 17.5. The van der Waals surface area contributed by atoms with E-state index in [4.69, 9.17) is 15.2 Å². The van der Waals surface area contributed by atoms with Gasteiger partial charge in [0.1, 0.15) is 11.4 Å². The maximum Gasteiger partial charge on any atom is 0.344 e. The zero-order valence-corrected chi connectivity index (χ0v) is 13.0. The maximum absolute atomic E-state index is 12.7. The van der Waals surface area contributed by atoms with Crippen LogP contribution in [0.1, 0.15) is 22.8 Å². The molecule has 7 heteroatoms. The van der Waals surface area contributed by atoms with Crippen molar-refractivity contribution in [3.8, 4) is 5.75 Å². The summed E-state index contributed by atoms with van der Waals surface area (Å²) in [5, 5.41) is 2.81. The number of ketones is 1. The van der Waals surface area contributed by atoms with Gasteiger partial charge in [0.2, 0.25) is 0 Å². The summed E-state index contributed by atoms with van der Waals surface area (Å²) in [4.78, 5) is 34.7. The highest BCUT2D eigenvalue weighted by Gasteiger charge is 2.17. The van der Waals surface area contributed by atoms with Gasteiger partial charge in [-0.25, -0.2) is 4.79 Å². The largest absolute Gasteiger partial charge is 0.481 e. The number of hydrogen-bond donors (Lipinski definition) is 1. The van der Waals surface area contributed by atoms with E-state index in [1.807, 2.05) is 0 Å². The zero-order valence-electron chi connectivity index (χ0n) is 13.0. The van der Waals surface area contributed by atoms with Crippen molar-refractivity contribution in [3.63, 3.8) is 0 Å². The average Bonchev–Trinajstić information content (AvgIpc) is 2.60. The monoisotopic (exact) mass is 328 g/mol. The lowest BCUT2D eigenvalue weighted by molar-refractivity contribution is -0.145. The summed E-state index contributed by atoms with van der Waals surface area (Å²) in [6, 6.07) is 10.5. The molecule has 2 aromatic rings. The van der Waals surface area contributed by atoms with Crippen molar-refractivity contribution in [1.82, 2.24) is 0 Å². The lowest BCUT2D eigenvalue weighted by Crippen LogP contribution is -2.16. The first-order valence-electron chi connectivity index (χ1n) is 7.21. The second-order valence-electron chi connectivity index (χ2n) is 4.82. The van der Waals surface area contributed by atoms with Gasteiger partial charge in [-0.05, 0) is 42.4 Å². The highest BCUT2D eigenvalue weighted by Crippen LogP contribution is 2.26. The maximum atomic E-state index is 12.7. The number of nitrogens with two attached hydrogens (primary N) is 1. The third kappa shape index (κ3) is 4.16. The van der Waals surface area contributed by atoms with E-state index in [-0.39, 0.29) is 35.8 Å². The van der Waals surface area contributed by atoms with Crippen molar-refractivity contribution in [2.24, 2.45) is 5.18 Å². The Morgan fingerprint density at radius 2 is 1.96 bits per heavy atom. The summed E-state index contributed by atoms with van der Waals surface area (Å²) >= 11 is 0. The summed E-state index contributed by atoms with van der Waals surface area (Å²) in [6.45, 7) is 1.60. The van der Waals surface area contributed by atoms with Crippen LogP contribution in [0.5, 0.6) is 5.75 Å². The van der Waals surface area contributed by atoms with Gasteiger partial charge < -0.3 is 15.2 Å². The Morgan fingerprint density at radius 3 is 2.67 bits per heavy atom. The van der Waals surface area contributed by atoms with E-state index in [9.17, 15) is 14.5 Å². The summed E-state index contributed by atoms with van der Waals surface area (Å²) in [5.41, 5.74) is 6.69. The Balaban J connectivity index is 2.30. The number of nitrogen functional groups attached to an aromatic ring is 1. The number of anilines is 1. The molecule has 0 aliphatic heterocycles. The molecular weight excluding hydrogens is 312 g/mol. The summed E-state index contributed by atoms with van der Waals surface area (Å²) in [7, 11) is 0. The fourth-order valence-electron chi connectivity index (χ4n) is 2.05. The molecule has 0 atom stereocenters. The molecule has 0 saturated carbocycles. The van der Waals surface area contributed by atoms with Gasteiger partial charge in [0.05, 0.1) is 12.2 Å². The minimum atomic E-state index is -0.542. The van der Waals surface area contributed by atoms with Crippen molar-refractivity contribution in [1.29, 1.82) is 0 Å². The molecule has 0 unspecified atom stereocenters. The predicted octanol–water partition coefficient (Wildman–Crippen LogP) is 2.84. The van der Waals surface area contributed by atoms with Crippen LogP contribution in [0.25, 0.3) is 0 Å². The average molecular weight is 328 g/mol. The van der Waals surface area contributed by atoms with Crippen LogP contribution in [0.3, 0.4) is 0 Å². The highest BCUT2D eigenvalue weighted by atomic mass is 16.6. The molecule has 0 heterocycles. The highest BCUT2D eigenvalue weighted by molar-refractivity contribution is 6.11. The standard InChI is InChI=1S/C17H16N2O5/c1-2-23-16(20)10-24-15-7-6-12(18)9-14(15)17(21)11-4-3-5-13(8-11)19-22/h3-9H,2,10,18H2,1H3. The molecule has 0 aliphatic rings. The Hall–Kier alpha value is -3.22. The molecule has 0 amide bonds. The number of esters is 1. The van der Waals surface area contributed by atoms with Gasteiger partial charge in [-0.15, -0.1) is 4.91 Å². The van der Waals surface area contributed by atoms with E-state index in [0.29, 0.717) is 5.69 Å². The molecule has 0 saturated heterocycles. The molecule has 0 bridgehead atoms. The molecule has 2 aromatic carbocycles. The van der Waals surface area contributed by atoms with Crippen molar-refractivity contribution >= 4 is 23.1 Å². The second-order valence-corrected chi connectivity index (χ2v) is 4.82. The lowest BCUT2D eigenvalue weighted by Gasteiger charge is -2.11. The van der Waals surface area contributed by atoms with Crippen molar-refractivity contribution < 1.29 is 19.1 Å². The predicted molar refractivity (Wildman–Crippen MR) is 88.3 cm³/mol. The second kappa shape index (κ2) is 7.87. The molecular formula is C17H16N2O5. The van der Waals surface area contributed by atoms with Gasteiger partial charge in [0.15, 0.2) is 12.4 Å². The first-order valence-corrected chi connectivity index (χ1v) is 7.21. The fourth-order valence-corrected chi connectivity index (χ4v) is 2.05. The van der Waals surface area contributed by atoms with E-state index < -0.39 is 11.8 Å². The van der Waals surface area contributed by atoms with Crippen molar-refractivity contribution in [2.45, 2.75) is 6.92 Å². The van der Waals surface area contributed by atoms with Crippen LogP contribution in [0.15, 0.2) is 47.6 Å². The van der Waals surface area contributed by atoms with Gasteiger partial charge in [0.25, 0.3) is 0 Å². The molecule has 0 aliphatic carbocycles. The first kappa shape index (κ1) is 17.1. The molecule has 2 N–H and O–H groups in total. The van der Waals surface area contributed by atoms with Gasteiger partial charge in [-0.2, -0.15) is 0 Å². The van der Waals surface area contributed by atoms with Crippen LogP contribution in [0, 0.1) is 4.91 Å². The minimum absolute atomic E-state index is 0.138. The van der Waals surface area contributed by atoms with Crippen molar-refractivity contribution in [2.75, 3.05) is 18.9 Å². The molecule has 7 nitrogen and oxygen atoms in total. The van der Waals surface area contributed by atoms with Crippen LogP contribution in [0.4, 0.5) is 11.4 Å². The normalized spacial score (nSPS) is 10.0. The van der Waals surface area contributed by atoms with Gasteiger partial charge in [0, 0.05) is 11.3 Å². The van der Waals surface area contributed by atoms with Gasteiger partial charge in [-0.1, -0.05) is 12.1 Å². The number of nitroso groups, excluding NO2 is 1. The van der Waals surface area contributed by atoms with Crippen molar-refractivity contribution in [3.05, 3.63) is 58.5 Å². The number of rotatable bonds is 7. The summed E-state index contributed by atoms with van der Waals surface area (Å²) in [6.07, 6.45) is 0. The third-order valence-electron chi connectivity index (χ3n) is 3.11. The fraction of sp³-hybridized carbons (Fsp3) is 0.176. The number of carbonyl (C=O) groups is 2.